The van der Waals surface area contributed by atoms with Crippen LogP contribution in [0.5, 0.6) is 11.5 Å². The SMILES string of the molecule is CCN(CC)CCN1CCN(C(=O)CNC(=O)c2ccc(S(=O)(=O)Nc3ccccc3Oc3ccc(Cl)cc3Cl)cc2)CC1. The van der Waals surface area contributed by atoms with E-state index in [0.717, 1.165) is 39.3 Å². The molecule has 3 aromatic carbocycles. The minimum absolute atomic E-state index is 0.0525. The molecule has 4 rings (SSSR count). The van der Waals surface area contributed by atoms with E-state index in [1.165, 1.54) is 30.3 Å². The number of benzene rings is 3. The lowest BCUT2D eigenvalue weighted by Crippen LogP contribution is -2.52. The van der Waals surface area contributed by atoms with Gasteiger partial charge in [-0.05, 0) is 67.7 Å². The summed E-state index contributed by atoms with van der Waals surface area (Å²) in [6.45, 7) is 11.0. The summed E-state index contributed by atoms with van der Waals surface area (Å²) in [7, 11) is -4.03. The number of hydrogen-bond donors (Lipinski definition) is 2. The van der Waals surface area contributed by atoms with E-state index in [1.54, 1.807) is 41.3 Å². The zero-order chi connectivity index (χ0) is 31.7. The van der Waals surface area contributed by atoms with E-state index in [-0.39, 0.29) is 39.4 Å². The van der Waals surface area contributed by atoms with E-state index < -0.39 is 15.9 Å². The van der Waals surface area contributed by atoms with Crippen LogP contribution in [0.15, 0.2) is 71.6 Å². The Morgan fingerprint density at radius 1 is 0.909 bits per heavy atom. The molecule has 1 heterocycles. The third kappa shape index (κ3) is 9.09. The number of nitrogens with zero attached hydrogens (tertiary/aromatic N) is 3. The molecule has 0 atom stereocenters. The van der Waals surface area contributed by atoms with Crippen molar-refractivity contribution >= 4 is 50.7 Å². The van der Waals surface area contributed by atoms with E-state index in [2.05, 4.69) is 33.7 Å². The van der Waals surface area contributed by atoms with Crippen LogP contribution < -0.4 is 14.8 Å². The molecule has 2 amide bonds. The molecule has 13 heteroatoms. The zero-order valence-electron chi connectivity index (χ0n) is 24.8. The maximum Gasteiger partial charge on any atom is 0.262 e. The van der Waals surface area contributed by atoms with Crippen molar-refractivity contribution in [3.63, 3.8) is 0 Å². The van der Waals surface area contributed by atoms with Crippen LogP contribution in [0, 0.1) is 0 Å². The maximum atomic E-state index is 13.2. The highest BCUT2D eigenvalue weighted by atomic mass is 35.5. The fourth-order valence-electron chi connectivity index (χ4n) is 4.72. The first-order valence-corrected chi connectivity index (χ1v) is 16.7. The number of rotatable bonds is 13. The van der Waals surface area contributed by atoms with Gasteiger partial charge >= 0.3 is 0 Å². The number of nitrogens with one attached hydrogen (secondary N) is 2. The standard InChI is InChI=1S/C31H37Cl2N5O5S/c1-3-36(4-2)15-16-37-17-19-38(20-18-37)30(39)22-34-31(40)23-9-12-25(13-10-23)44(41,42)35-27-7-5-6-8-29(27)43-28-14-11-24(32)21-26(28)33/h5-14,21,35H,3-4,15-20,22H2,1-2H3,(H,34,40). The molecule has 3 aromatic rings. The number of hydrogen-bond acceptors (Lipinski definition) is 7. The van der Waals surface area contributed by atoms with Gasteiger partial charge in [0.1, 0.15) is 5.75 Å². The Labute approximate surface area is 268 Å². The summed E-state index contributed by atoms with van der Waals surface area (Å²) in [5.41, 5.74) is 0.433. The number of halogens is 2. The van der Waals surface area contributed by atoms with Gasteiger partial charge in [-0.3, -0.25) is 19.2 Å². The third-order valence-electron chi connectivity index (χ3n) is 7.42. The second-order valence-electron chi connectivity index (χ2n) is 10.2. The number of anilines is 1. The molecular weight excluding hydrogens is 625 g/mol. The quantitative estimate of drug-likeness (QED) is 0.271. The van der Waals surface area contributed by atoms with Crippen LogP contribution in [-0.2, 0) is 14.8 Å². The zero-order valence-corrected chi connectivity index (χ0v) is 27.1. The topological polar surface area (TPSA) is 111 Å². The Hall–Kier alpha value is -3.35. The molecule has 1 saturated heterocycles. The Morgan fingerprint density at radius 2 is 1.59 bits per heavy atom. The highest BCUT2D eigenvalue weighted by Gasteiger charge is 2.22. The Morgan fingerprint density at radius 3 is 2.25 bits per heavy atom. The van der Waals surface area contributed by atoms with Crippen LogP contribution in [0.3, 0.4) is 0 Å². The molecular formula is C31H37Cl2N5O5S. The molecule has 1 aliphatic heterocycles. The summed E-state index contributed by atoms with van der Waals surface area (Å²) in [5, 5.41) is 3.36. The van der Waals surface area contributed by atoms with Crippen molar-refractivity contribution in [1.82, 2.24) is 20.0 Å². The van der Waals surface area contributed by atoms with Gasteiger partial charge in [0.2, 0.25) is 5.91 Å². The summed E-state index contributed by atoms with van der Waals surface area (Å²) in [6, 6.07) is 16.7. The summed E-state index contributed by atoms with van der Waals surface area (Å²) in [5.74, 6) is -0.0654. The van der Waals surface area contributed by atoms with Gasteiger partial charge < -0.3 is 19.9 Å². The van der Waals surface area contributed by atoms with Crippen molar-refractivity contribution in [2.45, 2.75) is 18.7 Å². The second kappa shape index (κ2) is 15.6. The number of piperazine rings is 1. The van der Waals surface area contributed by atoms with Gasteiger partial charge in [-0.1, -0.05) is 49.2 Å². The van der Waals surface area contributed by atoms with Gasteiger partial charge in [0.15, 0.2) is 5.75 Å². The number of ether oxygens (including phenoxy) is 1. The number of likely N-dealkylation sites (N-methyl/N-ethyl adjacent to an activating group) is 1. The number of sulfonamides is 1. The van der Waals surface area contributed by atoms with E-state index >= 15 is 0 Å². The van der Waals surface area contributed by atoms with Gasteiger partial charge in [-0.25, -0.2) is 8.42 Å². The summed E-state index contributed by atoms with van der Waals surface area (Å²) in [4.78, 5) is 31.9. The Balaban J connectivity index is 1.29. The molecule has 1 fully saturated rings. The lowest BCUT2D eigenvalue weighted by atomic mass is 10.2. The lowest BCUT2D eigenvalue weighted by molar-refractivity contribution is -0.131. The summed E-state index contributed by atoms with van der Waals surface area (Å²) in [6.07, 6.45) is 0. The van der Waals surface area contributed by atoms with E-state index in [4.69, 9.17) is 27.9 Å². The summed E-state index contributed by atoms with van der Waals surface area (Å²) < 4.78 is 34.7. The molecule has 10 nitrogen and oxygen atoms in total. The second-order valence-corrected chi connectivity index (χ2v) is 12.8. The summed E-state index contributed by atoms with van der Waals surface area (Å²) >= 11 is 12.2. The minimum Gasteiger partial charge on any atom is -0.454 e. The highest BCUT2D eigenvalue weighted by Crippen LogP contribution is 2.35. The molecule has 1 aliphatic rings. The van der Waals surface area contributed by atoms with Gasteiger partial charge in [0.25, 0.3) is 15.9 Å². The van der Waals surface area contributed by atoms with Crippen molar-refractivity contribution in [2.24, 2.45) is 0 Å². The van der Waals surface area contributed by atoms with E-state index in [0.29, 0.717) is 23.9 Å². The predicted octanol–water partition coefficient (Wildman–Crippen LogP) is 4.80. The third-order valence-corrected chi connectivity index (χ3v) is 9.34. The van der Waals surface area contributed by atoms with Crippen LogP contribution in [0.1, 0.15) is 24.2 Å². The maximum absolute atomic E-state index is 13.2. The van der Waals surface area contributed by atoms with Crippen LogP contribution in [-0.4, -0.2) is 93.8 Å². The molecule has 0 radical (unpaired) electrons. The van der Waals surface area contributed by atoms with Crippen molar-refractivity contribution in [3.05, 3.63) is 82.3 Å². The first kappa shape index (κ1) is 33.5. The average Bonchev–Trinajstić information content (AvgIpc) is 3.02. The molecule has 0 spiro atoms. The van der Waals surface area contributed by atoms with Crippen LogP contribution in [0.2, 0.25) is 10.0 Å². The van der Waals surface area contributed by atoms with Gasteiger partial charge in [0, 0.05) is 49.9 Å². The van der Waals surface area contributed by atoms with Crippen molar-refractivity contribution in [2.75, 3.05) is 63.6 Å². The van der Waals surface area contributed by atoms with E-state index in [1.807, 2.05) is 0 Å². The van der Waals surface area contributed by atoms with Crippen LogP contribution in [0.4, 0.5) is 5.69 Å². The fourth-order valence-corrected chi connectivity index (χ4v) is 6.24. The first-order chi connectivity index (χ1) is 21.1. The van der Waals surface area contributed by atoms with Crippen LogP contribution >= 0.6 is 23.2 Å². The lowest BCUT2D eigenvalue weighted by Gasteiger charge is -2.35. The minimum atomic E-state index is -4.03. The van der Waals surface area contributed by atoms with Crippen molar-refractivity contribution in [3.8, 4) is 11.5 Å². The predicted molar refractivity (Wildman–Crippen MR) is 173 cm³/mol. The molecule has 0 unspecified atom stereocenters. The van der Waals surface area contributed by atoms with Crippen molar-refractivity contribution in [1.29, 1.82) is 0 Å². The average molecular weight is 663 g/mol. The Bertz CT molecular complexity index is 1540. The molecule has 0 saturated carbocycles. The first-order valence-electron chi connectivity index (χ1n) is 14.4. The number of para-hydroxylation sites is 2. The molecule has 0 bridgehead atoms. The number of amides is 2. The molecule has 236 valence electrons. The number of carbonyl (C=O) groups is 2. The largest absolute Gasteiger partial charge is 0.454 e. The van der Waals surface area contributed by atoms with Crippen LogP contribution in [0.25, 0.3) is 0 Å². The number of carbonyl (C=O) groups excluding carboxylic acids is 2. The Kier molecular flexibility index (Phi) is 11.9. The van der Waals surface area contributed by atoms with Gasteiger partial charge in [0.05, 0.1) is 22.2 Å². The van der Waals surface area contributed by atoms with Gasteiger partial charge in [-0.2, -0.15) is 0 Å². The normalized spacial score (nSPS) is 14.0. The molecule has 2 N–H and O–H groups in total. The monoisotopic (exact) mass is 661 g/mol. The smallest absolute Gasteiger partial charge is 0.262 e. The highest BCUT2D eigenvalue weighted by molar-refractivity contribution is 7.92. The molecule has 0 aliphatic carbocycles. The molecule has 44 heavy (non-hydrogen) atoms. The molecule has 0 aromatic heterocycles. The van der Waals surface area contributed by atoms with E-state index in [9.17, 15) is 18.0 Å². The fraction of sp³-hybridized carbons (Fsp3) is 0.355. The van der Waals surface area contributed by atoms with Gasteiger partial charge in [-0.15, -0.1) is 0 Å². The van der Waals surface area contributed by atoms with Crippen molar-refractivity contribution < 1.29 is 22.7 Å².